The number of allylic oxidation sites excluding steroid dienone is 1. The van der Waals surface area contributed by atoms with Gasteiger partial charge in [0.1, 0.15) is 18.1 Å². The van der Waals surface area contributed by atoms with Gasteiger partial charge >= 0.3 is 6.61 Å². The van der Waals surface area contributed by atoms with E-state index >= 15 is 0 Å². The van der Waals surface area contributed by atoms with Crippen molar-refractivity contribution < 1.29 is 32.5 Å². The van der Waals surface area contributed by atoms with E-state index in [-0.39, 0.29) is 29.5 Å². The molecule has 5 nitrogen and oxygen atoms in total. The smallest absolute Gasteiger partial charge is 0.387 e. The molecule has 35 heavy (non-hydrogen) atoms. The first-order valence-corrected chi connectivity index (χ1v) is 12.4. The molecule has 10 heteroatoms. The zero-order valence-corrected chi connectivity index (χ0v) is 23.2. The van der Waals surface area contributed by atoms with E-state index in [9.17, 15) is 13.6 Å². The van der Waals surface area contributed by atoms with Crippen LogP contribution in [0.5, 0.6) is 23.0 Å². The summed E-state index contributed by atoms with van der Waals surface area (Å²) in [6.45, 7) is -2.77. The zero-order chi connectivity index (χ0) is 25.5. The van der Waals surface area contributed by atoms with Crippen molar-refractivity contribution in [2.24, 2.45) is 0 Å². The lowest BCUT2D eigenvalue weighted by Crippen LogP contribution is -2.04. The minimum absolute atomic E-state index is 0.0405. The number of ketones is 1. The SMILES string of the molecule is COc1ccc(/C=C/C(=O)c2ccc(OC(F)F)c(OC)c2)cc1COc1c(Br)cc(Br)cc1Br. The Labute approximate surface area is 226 Å². The van der Waals surface area contributed by atoms with Crippen molar-refractivity contribution in [3.63, 3.8) is 0 Å². The maximum Gasteiger partial charge on any atom is 0.387 e. The van der Waals surface area contributed by atoms with Gasteiger partial charge in [-0.15, -0.1) is 0 Å². The van der Waals surface area contributed by atoms with Crippen LogP contribution in [0.1, 0.15) is 21.5 Å². The molecular weight excluding hydrogens is 658 g/mol. The van der Waals surface area contributed by atoms with Gasteiger partial charge in [0, 0.05) is 15.6 Å². The van der Waals surface area contributed by atoms with E-state index in [1.165, 1.54) is 31.4 Å². The first-order chi connectivity index (χ1) is 16.7. The van der Waals surface area contributed by atoms with Gasteiger partial charge in [-0.25, -0.2) is 0 Å². The second kappa shape index (κ2) is 12.5. The molecule has 0 saturated carbocycles. The molecule has 0 aliphatic rings. The number of hydrogen-bond acceptors (Lipinski definition) is 5. The van der Waals surface area contributed by atoms with Crippen LogP contribution in [-0.2, 0) is 6.61 Å². The minimum Gasteiger partial charge on any atom is -0.496 e. The Morgan fingerprint density at radius 3 is 2.20 bits per heavy atom. The summed E-state index contributed by atoms with van der Waals surface area (Å²) in [5.74, 6) is 0.839. The molecule has 0 fully saturated rings. The maximum absolute atomic E-state index is 12.6. The first-order valence-electron chi connectivity index (χ1n) is 10.0. The molecule has 0 saturated heterocycles. The van der Waals surface area contributed by atoms with Crippen molar-refractivity contribution in [1.29, 1.82) is 0 Å². The number of halogens is 5. The number of ether oxygens (including phenoxy) is 4. The van der Waals surface area contributed by atoms with Gasteiger partial charge < -0.3 is 18.9 Å². The van der Waals surface area contributed by atoms with Crippen LogP contribution < -0.4 is 18.9 Å². The van der Waals surface area contributed by atoms with Crippen LogP contribution in [0.3, 0.4) is 0 Å². The fraction of sp³-hybridized carbons (Fsp3) is 0.160. The lowest BCUT2D eigenvalue weighted by atomic mass is 10.1. The number of methoxy groups -OCH3 is 2. The topological polar surface area (TPSA) is 54.0 Å². The average Bonchev–Trinajstić information content (AvgIpc) is 2.81. The molecule has 3 rings (SSSR count). The van der Waals surface area contributed by atoms with Crippen molar-refractivity contribution in [3.05, 3.63) is 84.7 Å². The van der Waals surface area contributed by atoms with Crippen LogP contribution in [0.4, 0.5) is 8.78 Å². The van der Waals surface area contributed by atoms with Gasteiger partial charge in [0.15, 0.2) is 17.3 Å². The number of rotatable bonds is 10. The van der Waals surface area contributed by atoms with Gasteiger partial charge in [-0.05, 0) is 86.0 Å². The Kier molecular flexibility index (Phi) is 9.71. The van der Waals surface area contributed by atoms with Crippen LogP contribution in [0.25, 0.3) is 6.08 Å². The lowest BCUT2D eigenvalue weighted by Gasteiger charge is -2.14. The Morgan fingerprint density at radius 1 is 0.914 bits per heavy atom. The molecular formula is C25H19Br3F2O5. The molecule has 0 N–H and O–H groups in total. The highest BCUT2D eigenvalue weighted by molar-refractivity contribution is 9.11. The standard InChI is InChI=1S/C25H19Br3F2O5/c1-32-21-7-4-14(9-16(21)13-34-24-18(27)11-17(26)12-19(24)28)3-6-20(31)15-5-8-22(35-25(29)30)23(10-15)33-2/h3-12,25H,13H2,1-2H3/b6-3+. The fourth-order valence-corrected chi connectivity index (χ4v) is 5.60. The normalized spacial score (nSPS) is 11.1. The van der Waals surface area contributed by atoms with E-state index in [4.69, 9.17) is 14.2 Å². The van der Waals surface area contributed by atoms with Gasteiger partial charge in [-0.2, -0.15) is 8.78 Å². The Morgan fingerprint density at radius 2 is 1.57 bits per heavy atom. The Balaban J connectivity index is 1.78. The number of carbonyl (C=O) groups excluding carboxylic acids is 1. The van der Waals surface area contributed by atoms with Crippen molar-refractivity contribution in [3.8, 4) is 23.0 Å². The summed E-state index contributed by atoms with van der Waals surface area (Å²) in [6, 6.07) is 13.2. The van der Waals surface area contributed by atoms with Gasteiger partial charge in [-0.3, -0.25) is 4.79 Å². The van der Waals surface area contributed by atoms with Crippen LogP contribution >= 0.6 is 47.8 Å². The highest BCUT2D eigenvalue weighted by Crippen LogP contribution is 2.37. The molecule has 0 radical (unpaired) electrons. The van der Waals surface area contributed by atoms with Crippen LogP contribution in [0, 0.1) is 0 Å². The molecule has 3 aromatic rings. The molecule has 0 bridgehead atoms. The number of benzene rings is 3. The minimum atomic E-state index is -3.00. The van der Waals surface area contributed by atoms with Gasteiger partial charge in [0.25, 0.3) is 0 Å². The highest BCUT2D eigenvalue weighted by Gasteiger charge is 2.14. The molecule has 0 spiro atoms. The van der Waals surface area contributed by atoms with Crippen molar-refractivity contribution >= 4 is 59.6 Å². The summed E-state index contributed by atoms with van der Waals surface area (Å²) in [4.78, 5) is 12.6. The summed E-state index contributed by atoms with van der Waals surface area (Å²) in [6.07, 6.45) is 3.03. The van der Waals surface area contributed by atoms with Crippen LogP contribution in [0.15, 0.2) is 68.0 Å². The predicted molar refractivity (Wildman–Crippen MR) is 140 cm³/mol. The summed E-state index contributed by atoms with van der Waals surface area (Å²) in [7, 11) is 2.88. The summed E-state index contributed by atoms with van der Waals surface area (Å²) < 4.78 is 48.4. The third kappa shape index (κ3) is 7.28. The molecule has 0 amide bonds. The average molecular weight is 677 g/mol. The quantitative estimate of drug-likeness (QED) is 0.161. The Bertz CT molecular complexity index is 1220. The molecule has 0 aliphatic heterocycles. The molecule has 0 aliphatic carbocycles. The molecule has 0 atom stereocenters. The van der Waals surface area contributed by atoms with Gasteiger partial charge in [0.2, 0.25) is 0 Å². The molecule has 0 aromatic heterocycles. The number of carbonyl (C=O) groups is 1. The van der Waals surface area contributed by atoms with Crippen LogP contribution in [0.2, 0.25) is 0 Å². The lowest BCUT2D eigenvalue weighted by molar-refractivity contribution is -0.0512. The second-order valence-corrected chi connectivity index (χ2v) is 9.62. The molecule has 184 valence electrons. The largest absolute Gasteiger partial charge is 0.496 e. The summed E-state index contributed by atoms with van der Waals surface area (Å²) in [5, 5.41) is 0. The first kappa shape index (κ1) is 27.2. The van der Waals surface area contributed by atoms with Crippen molar-refractivity contribution in [1.82, 2.24) is 0 Å². The van der Waals surface area contributed by atoms with Gasteiger partial charge in [-0.1, -0.05) is 28.1 Å². The van der Waals surface area contributed by atoms with E-state index in [1.54, 1.807) is 25.3 Å². The van der Waals surface area contributed by atoms with E-state index < -0.39 is 6.61 Å². The second-order valence-electron chi connectivity index (χ2n) is 7.00. The number of hydrogen-bond donors (Lipinski definition) is 0. The van der Waals surface area contributed by atoms with Crippen molar-refractivity contribution in [2.75, 3.05) is 14.2 Å². The highest BCUT2D eigenvalue weighted by atomic mass is 79.9. The Hall–Kier alpha value is -2.43. The van der Waals surface area contributed by atoms with Gasteiger partial charge in [0.05, 0.1) is 23.2 Å². The fourth-order valence-electron chi connectivity index (χ4n) is 3.11. The summed E-state index contributed by atoms with van der Waals surface area (Å²) >= 11 is 10.4. The maximum atomic E-state index is 12.6. The van der Waals surface area contributed by atoms with Crippen molar-refractivity contribution in [2.45, 2.75) is 13.2 Å². The van der Waals surface area contributed by atoms with Crippen LogP contribution in [-0.4, -0.2) is 26.6 Å². The third-order valence-electron chi connectivity index (χ3n) is 4.73. The van der Waals surface area contributed by atoms with E-state index in [0.29, 0.717) is 11.5 Å². The van der Waals surface area contributed by atoms with E-state index in [1.807, 2.05) is 18.2 Å². The third-order valence-corrected chi connectivity index (χ3v) is 6.37. The van der Waals surface area contributed by atoms with E-state index in [0.717, 1.165) is 24.5 Å². The molecule has 0 unspecified atom stereocenters. The number of alkyl halides is 2. The monoisotopic (exact) mass is 674 g/mol. The van der Waals surface area contributed by atoms with E-state index in [2.05, 4.69) is 52.5 Å². The summed E-state index contributed by atoms with van der Waals surface area (Å²) in [5.41, 5.74) is 1.79. The predicted octanol–water partition coefficient (Wildman–Crippen LogP) is 8.07. The molecule has 3 aromatic carbocycles. The molecule has 0 heterocycles. The zero-order valence-electron chi connectivity index (χ0n) is 18.5.